The van der Waals surface area contributed by atoms with Gasteiger partial charge < -0.3 is 15.4 Å². The third-order valence-electron chi connectivity index (χ3n) is 5.86. The van der Waals surface area contributed by atoms with Gasteiger partial charge in [0.2, 0.25) is 17.7 Å². The van der Waals surface area contributed by atoms with Gasteiger partial charge in [-0.05, 0) is 62.1 Å². The number of aryl methyl sites for hydroxylation is 2. The van der Waals surface area contributed by atoms with E-state index >= 15 is 0 Å². The Morgan fingerprint density at radius 1 is 1.20 bits per heavy atom. The van der Waals surface area contributed by atoms with Gasteiger partial charge in [-0.2, -0.15) is 10.2 Å². The molecule has 180 valence electrons. The molecule has 2 aromatic carbocycles. The number of hydrogen-bond donors (Lipinski definition) is 2. The van der Waals surface area contributed by atoms with Crippen LogP contribution in [-0.4, -0.2) is 46.5 Å². The highest BCUT2D eigenvalue weighted by Crippen LogP contribution is 2.29. The van der Waals surface area contributed by atoms with Gasteiger partial charge in [-0.1, -0.05) is 12.1 Å². The Kier molecular flexibility index (Phi) is 7.53. The van der Waals surface area contributed by atoms with Crippen LogP contribution in [0.5, 0.6) is 11.6 Å². The number of aromatic nitrogens is 2. The van der Waals surface area contributed by atoms with Crippen molar-refractivity contribution in [2.45, 2.75) is 32.7 Å². The molecule has 35 heavy (non-hydrogen) atoms. The first kappa shape index (κ1) is 24.1. The number of piperidine rings is 1. The molecule has 0 unspecified atom stereocenters. The van der Waals surface area contributed by atoms with Crippen molar-refractivity contribution in [1.82, 2.24) is 14.9 Å². The zero-order valence-corrected chi connectivity index (χ0v) is 19.7. The van der Waals surface area contributed by atoms with Gasteiger partial charge in [0.25, 0.3) is 0 Å². The number of nitrogens with one attached hydrogen (secondary N) is 2. The fourth-order valence-corrected chi connectivity index (χ4v) is 4.12. The summed E-state index contributed by atoms with van der Waals surface area (Å²) in [6.07, 6.45) is 3.27. The fourth-order valence-electron chi connectivity index (χ4n) is 4.12. The van der Waals surface area contributed by atoms with Crippen LogP contribution < -0.4 is 15.4 Å². The number of para-hydroxylation sites is 1. The number of halogens is 1. The van der Waals surface area contributed by atoms with Gasteiger partial charge in [-0.3, -0.25) is 9.69 Å². The molecule has 1 fully saturated rings. The molecule has 1 amide bonds. The quantitative estimate of drug-likeness (QED) is 0.523. The second-order valence-electron chi connectivity index (χ2n) is 8.59. The summed E-state index contributed by atoms with van der Waals surface area (Å²) >= 11 is 0. The average molecular weight is 475 g/mol. The van der Waals surface area contributed by atoms with Crippen LogP contribution in [0.2, 0.25) is 0 Å². The molecular formula is C26H27FN6O2. The van der Waals surface area contributed by atoms with Crippen molar-refractivity contribution in [3.63, 3.8) is 0 Å². The van der Waals surface area contributed by atoms with Crippen LogP contribution in [0.25, 0.3) is 0 Å². The van der Waals surface area contributed by atoms with Gasteiger partial charge >= 0.3 is 0 Å². The summed E-state index contributed by atoms with van der Waals surface area (Å²) in [5.41, 5.74) is 2.51. The zero-order valence-electron chi connectivity index (χ0n) is 19.7. The second kappa shape index (κ2) is 10.9. The van der Waals surface area contributed by atoms with Gasteiger partial charge in [-0.15, -0.1) is 0 Å². The molecule has 0 spiro atoms. The van der Waals surface area contributed by atoms with E-state index in [4.69, 9.17) is 10.00 Å². The Labute approximate surface area is 203 Å². The normalized spacial score (nSPS) is 14.2. The number of amides is 1. The molecular weight excluding hydrogens is 447 g/mol. The standard InChI is InChI=1S/C26H27FN6O2/c1-17-13-19(15-28)14-18(2)25(17)35-24-7-10-29-26(32-24)30-20-8-11-33(12-9-20)16-23(34)31-22-6-4-3-5-21(22)27/h3-7,10,13-14,20H,8-9,11-12,16H2,1-2H3,(H,31,34)(H,29,30,32). The first-order valence-electron chi connectivity index (χ1n) is 11.5. The van der Waals surface area contributed by atoms with Crippen molar-refractivity contribution >= 4 is 17.5 Å². The molecule has 2 N–H and O–H groups in total. The predicted octanol–water partition coefficient (Wildman–Crippen LogP) is 4.41. The molecule has 0 radical (unpaired) electrons. The van der Waals surface area contributed by atoms with Crippen molar-refractivity contribution in [2.75, 3.05) is 30.3 Å². The summed E-state index contributed by atoms with van der Waals surface area (Å²) in [5, 5.41) is 15.1. The van der Waals surface area contributed by atoms with E-state index in [0.29, 0.717) is 23.1 Å². The van der Waals surface area contributed by atoms with Crippen LogP contribution in [0.15, 0.2) is 48.7 Å². The lowest BCUT2D eigenvalue weighted by molar-refractivity contribution is -0.117. The lowest BCUT2D eigenvalue weighted by Crippen LogP contribution is -2.42. The lowest BCUT2D eigenvalue weighted by Gasteiger charge is -2.31. The van der Waals surface area contributed by atoms with E-state index in [1.54, 1.807) is 42.6 Å². The van der Waals surface area contributed by atoms with Crippen LogP contribution >= 0.6 is 0 Å². The van der Waals surface area contributed by atoms with E-state index in [1.807, 2.05) is 18.7 Å². The van der Waals surface area contributed by atoms with Gasteiger partial charge in [0, 0.05) is 31.4 Å². The van der Waals surface area contributed by atoms with Gasteiger partial charge in [0.15, 0.2) is 0 Å². The number of anilines is 2. The first-order chi connectivity index (χ1) is 16.9. The summed E-state index contributed by atoms with van der Waals surface area (Å²) in [6.45, 7) is 5.45. The van der Waals surface area contributed by atoms with Crippen LogP contribution in [0, 0.1) is 31.0 Å². The summed E-state index contributed by atoms with van der Waals surface area (Å²) in [5.74, 6) is 0.890. The number of nitriles is 1. The number of likely N-dealkylation sites (tertiary alicyclic amines) is 1. The van der Waals surface area contributed by atoms with E-state index in [2.05, 4.69) is 26.7 Å². The Morgan fingerprint density at radius 2 is 1.91 bits per heavy atom. The average Bonchev–Trinajstić information content (AvgIpc) is 2.84. The largest absolute Gasteiger partial charge is 0.438 e. The molecule has 0 atom stereocenters. The van der Waals surface area contributed by atoms with E-state index < -0.39 is 5.82 Å². The minimum atomic E-state index is -0.445. The molecule has 1 aliphatic heterocycles. The summed E-state index contributed by atoms with van der Waals surface area (Å²) in [6, 6.07) is 13.7. The number of ether oxygens (including phenoxy) is 1. The van der Waals surface area contributed by atoms with Crippen LogP contribution in [0.1, 0.15) is 29.5 Å². The van der Waals surface area contributed by atoms with Gasteiger partial charge in [0.05, 0.1) is 23.9 Å². The number of nitrogens with zero attached hydrogens (tertiary/aromatic N) is 4. The molecule has 2 heterocycles. The molecule has 3 aromatic rings. The fraction of sp³-hybridized carbons (Fsp3) is 0.308. The molecule has 0 saturated carbocycles. The predicted molar refractivity (Wildman–Crippen MR) is 131 cm³/mol. The summed E-state index contributed by atoms with van der Waals surface area (Å²) < 4.78 is 19.7. The summed E-state index contributed by atoms with van der Waals surface area (Å²) in [7, 11) is 0. The maximum absolute atomic E-state index is 13.7. The molecule has 1 saturated heterocycles. The van der Waals surface area contributed by atoms with Crippen molar-refractivity contribution in [1.29, 1.82) is 5.26 Å². The molecule has 0 bridgehead atoms. The second-order valence-corrected chi connectivity index (χ2v) is 8.59. The van der Waals surface area contributed by atoms with Crippen molar-refractivity contribution < 1.29 is 13.9 Å². The van der Waals surface area contributed by atoms with Gasteiger partial charge in [0.1, 0.15) is 11.6 Å². The van der Waals surface area contributed by atoms with Crippen LogP contribution in [0.4, 0.5) is 16.0 Å². The van der Waals surface area contributed by atoms with Crippen molar-refractivity contribution in [3.05, 3.63) is 71.2 Å². The van der Waals surface area contributed by atoms with Crippen molar-refractivity contribution in [3.8, 4) is 17.7 Å². The Morgan fingerprint density at radius 3 is 2.60 bits per heavy atom. The highest BCUT2D eigenvalue weighted by molar-refractivity contribution is 5.92. The number of rotatable bonds is 7. The number of carbonyl (C=O) groups excluding carboxylic acids is 1. The third kappa shape index (κ3) is 6.31. The van der Waals surface area contributed by atoms with E-state index in [9.17, 15) is 9.18 Å². The number of hydrogen-bond acceptors (Lipinski definition) is 7. The van der Waals surface area contributed by atoms with Crippen LogP contribution in [-0.2, 0) is 4.79 Å². The van der Waals surface area contributed by atoms with E-state index in [0.717, 1.165) is 37.1 Å². The smallest absolute Gasteiger partial charge is 0.238 e. The van der Waals surface area contributed by atoms with E-state index in [1.165, 1.54) is 6.07 Å². The third-order valence-corrected chi connectivity index (χ3v) is 5.86. The topological polar surface area (TPSA) is 103 Å². The molecule has 1 aromatic heterocycles. The highest BCUT2D eigenvalue weighted by Gasteiger charge is 2.22. The maximum Gasteiger partial charge on any atom is 0.238 e. The maximum atomic E-state index is 13.7. The highest BCUT2D eigenvalue weighted by atomic mass is 19.1. The molecule has 0 aliphatic carbocycles. The molecule has 4 rings (SSSR count). The van der Waals surface area contributed by atoms with Crippen molar-refractivity contribution in [2.24, 2.45) is 0 Å². The summed E-state index contributed by atoms with van der Waals surface area (Å²) in [4.78, 5) is 23.1. The lowest BCUT2D eigenvalue weighted by atomic mass is 10.1. The number of benzene rings is 2. The first-order valence-corrected chi connectivity index (χ1v) is 11.5. The molecule has 9 heteroatoms. The van der Waals surface area contributed by atoms with E-state index in [-0.39, 0.29) is 24.2 Å². The monoisotopic (exact) mass is 474 g/mol. The van der Waals surface area contributed by atoms with Gasteiger partial charge in [-0.25, -0.2) is 9.37 Å². The minimum absolute atomic E-state index is 0.162. The molecule has 8 nitrogen and oxygen atoms in total. The SMILES string of the molecule is Cc1cc(C#N)cc(C)c1Oc1ccnc(NC2CCN(CC(=O)Nc3ccccc3F)CC2)n1. The zero-order chi connectivity index (χ0) is 24.8. The number of carbonyl (C=O) groups is 1. The Bertz CT molecular complexity index is 1230. The minimum Gasteiger partial charge on any atom is -0.438 e. The molecule has 1 aliphatic rings. The Balaban J connectivity index is 1.29. The van der Waals surface area contributed by atoms with Crippen LogP contribution in [0.3, 0.4) is 0 Å². The Hall–Kier alpha value is -4.03.